The molecule has 3 aromatic carbocycles. The molecule has 6 heteroatoms. The summed E-state index contributed by atoms with van der Waals surface area (Å²) < 4.78 is 7.49. The number of carbonyl (C=O) groups excluding carboxylic acids is 1. The van der Waals surface area contributed by atoms with Crippen molar-refractivity contribution in [1.29, 1.82) is 5.26 Å². The average Bonchev–Trinajstić information content (AvgIpc) is 3.10. The van der Waals surface area contributed by atoms with E-state index < -0.39 is 0 Å². The van der Waals surface area contributed by atoms with E-state index in [4.69, 9.17) is 10.00 Å². The third-order valence-corrected chi connectivity index (χ3v) is 5.41. The maximum atomic E-state index is 12.8. The largest absolute Gasteiger partial charge is 0.496 e. The number of hydrogen-bond acceptors (Lipinski definition) is 4. The summed E-state index contributed by atoms with van der Waals surface area (Å²) in [6.07, 6.45) is 1.63. The Bertz CT molecular complexity index is 1380. The summed E-state index contributed by atoms with van der Waals surface area (Å²) in [7, 11) is 1.54. The minimum atomic E-state index is -0.343. The predicted molar refractivity (Wildman–Crippen MR) is 126 cm³/mol. The van der Waals surface area contributed by atoms with Crippen molar-refractivity contribution in [1.82, 2.24) is 9.99 Å². The summed E-state index contributed by atoms with van der Waals surface area (Å²) in [6, 6.07) is 23.0. The molecule has 0 atom stereocenters. The lowest BCUT2D eigenvalue weighted by Gasteiger charge is -2.10. The van der Waals surface area contributed by atoms with Crippen LogP contribution in [0.25, 0.3) is 16.5 Å². The third-order valence-electron chi connectivity index (χ3n) is 5.41. The molecule has 0 saturated heterocycles. The van der Waals surface area contributed by atoms with E-state index in [1.54, 1.807) is 31.5 Å². The second-order valence-corrected chi connectivity index (χ2v) is 7.42. The Labute approximate surface area is 186 Å². The van der Waals surface area contributed by atoms with Gasteiger partial charge in [0.05, 0.1) is 30.5 Å². The summed E-state index contributed by atoms with van der Waals surface area (Å²) in [6.45, 7) is 3.99. The molecule has 6 nitrogen and oxygen atoms in total. The second-order valence-electron chi connectivity index (χ2n) is 7.42. The Morgan fingerprint density at radius 3 is 2.41 bits per heavy atom. The Morgan fingerprint density at radius 2 is 1.75 bits per heavy atom. The standard InChI is InChI=1S/C26H22N4O2/c1-17-12-22(18(2)30(17)23-10-8-19(15-27)9-11-23)16-28-29-26(31)24-13-20-6-4-5-7-21(20)14-25(24)32-3/h4-14,16H,1-3H3,(H,29,31). The molecule has 0 spiro atoms. The fourth-order valence-corrected chi connectivity index (χ4v) is 3.79. The number of hydrazone groups is 1. The summed E-state index contributed by atoms with van der Waals surface area (Å²) in [5, 5.41) is 15.1. The molecule has 0 aliphatic carbocycles. The van der Waals surface area contributed by atoms with E-state index in [0.717, 1.165) is 33.4 Å². The number of methoxy groups -OCH3 is 1. The van der Waals surface area contributed by atoms with Gasteiger partial charge in [0.1, 0.15) is 5.75 Å². The Morgan fingerprint density at radius 1 is 1.06 bits per heavy atom. The van der Waals surface area contributed by atoms with Gasteiger partial charge in [-0.15, -0.1) is 0 Å². The number of nitriles is 1. The van der Waals surface area contributed by atoms with E-state index in [-0.39, 0.29) is 5.91 Å². The van der Waals surface area contributed by atoms with Gasteiger partial charge < -0.3 is 9.30 Å². The zero-order chi connectivity index (χ0) is 22.7. The molecule has 0 aliphatic rings. The van der Waals surface area contributed by atoms with Crippen molar-refractivity contribution in [3.05, 3.63) is 94.8 Å². The number of benzene rings is 3. The van der Waals surface area contributed by atoms with Crippen molar-refractivity contribution in [2.75, 3.05) is 7.11 Å². The van der Waals surface area contributed by atoms with Crippen LogP contribution in [0, 0.1) is 25.2 Å². The zero-order valence-corrected chi connectivity index (χ0v) is 18.1. The average molecular weight is 422 g/mol. The van der Waals surface area contributed by atoms with Crippen LogP contribution in [0.4, 0.5) is 0 Å². The summed E-state index contributed by atoms with van der Waals surface area (Å²) >= 11 is 0. The fraction of sp³-hybridized carbons (Fsp3) is 0.115. The molecule has 0 bridgehead atoms. The van der Waals surface area contributed by atoms with Crippen LogP contribution in [0.3, 0.4) is 0 Å². The van der Waals surface area contributed by atoms with Gasteiger partial charge in [0.2, 0.25) is 0 Å². The number of aromatic nitrogens is 1. The molecule has 4 rings (SSSR count). The Kier molecular flexibility index (Phi) is 5.73. The first-order valence-corrected chi connectivity index (χ1v) is 10.1. The first-order valence-electron chi connectivity index (χ1n) is 10.1. The number of amides is 1. The van der Waals surface area contributed by atoms with Gasteiger partial charge in [-0.25, -0.2) is 5.43 Å². The maximum absolute atomic E-state index is 12.8. The van der Waals surface area contributed by atoms with Gasteiger partial charge >= 0.3 is 0 Å². The van der Waals surface area contributed by atoms with E-state index >= 15 is 0 Å². The van der Waals surface area contributed by atoms with Crippen LogP contribution in [0.1, 0.15) is 32.9 Å². The van der Waals surface area contributed by atoms with E-state index in [1.165, 1.54) is 0 Å². The number of hydrogen-bond donors (Lipinski definition) is 1. The predicted octanol–water partition coefficient (Wildman–Crippen LogP) is 4.89. The van der Waals surface area contributed by atoms with Crippen molar-refractivity contribution >= 4 is 22.9 Å². The number of ether oxygens (including phenoxy) is 1. The lowest BCUT2D eigenvalue weighted by molar-refractivity contribution is 0.0952. The van der Waals surface area contributed by atoms with E-state index in [1.807, 2.05) is 62.4 Å². The molecule has 1 N–H and O–H groups in total. The highest BCUT2D eigenvalue weighted by molar-refractivity contribution is 6.02. The molecule has 0 saturated carbocycles. The first kappa shape index (κ1) is 20.9. The lowest BCUT2D eigenvalue weighted by Crippen LogP contribution is -2.18. The van der Waals surface area contributed by atoms with Crippen LogP contribution in [-0.4, -0.2) is 23.8 Å². The summed E-state index contributed by atoms with van der Waals surface area (Å²) in [5.41, 5.74) is 7.49. The molecule has 0 fully saturated rings. The molecule has 0 unspecified atom stereocenters. The smallest absolute Gasteiger partial charge is 0.275 e. The second kappa shape index (κ2) is 8.78. The molecule has 1 heterocycles. The topological polar surface area (TPSA) is 79.4 Å². The fourth-order valence-electron chi connectivity index (χ4n) is 3.79. The number of nitrogens with one attached hydrogen (secondary N) is 1. The van der Waals surface area contributed by atoms with Crippen molar-refractivity contribution < 1.29 is 9.53 Å². The van der Waals surface area contributed by atoms with Gasteiger partial charge in [0.15, 0.2) is 0 Å². The molecule has 4 aromatic rings. The monoisotopic (exact) mass is 422 g/mol. The minimum absolute atomic E-state index is 0.343. The van der Waals surface area contributed by atoms with Gasteiger partial charge in [-0.1, -0.05) is 24.3 Å². The van der Waals surface area contributed by atoms with Crippen LogP contribution < -0.4 is 10.2 Å². The van der Waals surface area contributed by atoms with Gasteiger partial charge in [-0.2, -0.15) is 10.4 Å². The van der Waals surface area contributed by atoms with Crippen molar-refractivity contribution in [2.24, 2.45) is 5.10 Å². The highest BCUT2D eigenvalue weighted by Gasteiger charge is 2.14. The van der Waals surface area contributed by atoms with Crippen molar-refractivity contribution in [2.45, 2.75) is 13.8 Å². The van der Waals surface area contributed by atoms with Gasteiger partial charge in [-0.3, -0.25) is 4.79 Å². The molecule has 32 heavy (non-hydrogen) atoms. The van der Waals surface area contributed by atoms with Crippen LogP contribution in [0.15, 0.2) is 71.8 Å². The molecular weight excluding hydrogens is 400 g/mol. The molecule has 158 valence electrons. The number of fused-ring (bicyclic) bond motifs is 1. The molecule has 0 radical (unpaired) electrons. The maximum Gasteiger partial charge on any atom is 0.275 e. The number of nitrogens with zero attached hydrogens (tertiary/aromatic N) is 3. The van der Waals surface area contributed by atoms with Crippen LogP contribution >= 0.6 is 0 Å². The number of aryl methyl sites for hydroxylation is 1. The van der Waals surface area contributed by atoms with Crippen molar-refractivity contribution in [3.63, 3.8) is 0 Å². The van der Waals surface area contributed by atoms with Gasteiger partial charge in [0, 0.05) is 22.6 Å². The van der Waals surface area contributed by atoms with E-state index in [9.17, 15) is 4.79 Å². The van der Waals surface area contributed by atoms with Crippen molar-refractivity contribution in [3.8, 4) is 17.5 Å². The molecular formula is C26H22N4O2. The van der Waals surface area contributed by atoms with E-state index in [0.29, 0.717) is 16.9 Å². The zero-order valence-electron chi connectivity index (χ0n) is 18.1. The van der Waals surface area contributed by atoms with E-state index in [2.05, 4.69) is 21.2 Å². The Hall–Kier alpha value is -4.37. The molecule has 1 amide bonds. The van der Waals surface area contributed by atoms with Crippen LogP contribution in [0.5, 0.6) is 5.75 Å². The van der Waals surface area contributed by atoms with Crippen LogP contribution in [-0.2, 0) is 0 Å². The molecule has 1 aromatic heterocycles. The quantitative estimate of drug-likeness (QED) is 0.367. The van der Waals surface area contributed by atoms with Gasteiger partial charge in [0.25, 0.3) is 5.91 Å². The lowest BCUT2D eigenvalue weighted by atomic mass is 10.1. The minimum Gasteiger partial charge on any atom is -0.496 e. The third kappa shape index (κ3) is 3.96. The SMILES string of the molecule is COc1cc2ccccc2cc1C(=O)NN=Cc1cc(C)n(-c2ccc(C#N)cc2)c1C. The normalized spacial score (nSPS) is 10.9. The summed E-state index contributed by atoms with van der Waals surface area (Å²) in [4.78, 5) is 12.8. The van der Waals surface area contributed by atoms with Gasteiger partial charge in [-0.05, 0) is 67.1 Å². The number of rotatable bonds is 5. The Balaban J connectivity index is 1.56. The highest BCUT2D eigenvalue weighted by Crippen LogP contribution is 2.26. The number of carbonyl (C=O) groups is 1. The molecule has 0 aliphatic heterocycles. The first-order chi connectivity index (χ1) is 15.5. The highest BCUT2D eigenvalue weighted by atomic mass is 16.5. The van der Waals surface area contributed by atoms with Crippen LogP contribution in [0.2, 0.25) is 0 Å². The summed E-state index contributed by atoms with van der Waals surface area (Å²) in [5.74, 6) is 0.153.